The van der Waals surface area contributed by atoms with Crippen LogP contribution in [-0.2, 0) is 16.0 Å². The molecule has 15 heavy (non-hydrogen) atoms. The van der Waals surface area contributed by atoms with Crippen molar-refractivity contribution in [2.45, 2.75) is 20.3 Å². The second-order valence-corrected chi connectivity index (χ2v) is 4.18. The molecule has 1 aromatic carbocycles. The number of rotatable bonds is 3. The van der Waals surface area contributed by atoms with Gasteiger partial charge in [0.15, 0.2) is 0 Å². The fourth-order valence-electron chi connectivity index (χ4n) is 1.46. The highest BCUT2D eigenvalue weighted by Gasteiger charge is 2.28. The van der Waals surface area contributed by atoms with Gasteiger partial charge >= 0.3 is 5.97 Å². The summed E-state index contributed by atoms with van der Waals surface area (Å²) < 4.78 is 17.4. The van der Waals surface area contributed by atoms with Gasteiger partial charge in [-0.2, -0.15) is 0 Å². The number of carbonyl (C=O) groups excluding carboxylic acids is 1. The topological polar surface area (TPSA) is 26.3 Å². The number of halogens is 1. The van der Waals surface area contributed by atoms with E-state index >= 15 is 0 Å². The number of esters is 1. The first-order valence-corrected chi connectivity index (χ1v) is 4.78. The number of hydrogen-bond donors (Lipinski definition) is 0. The van der Waals surface area contributed by atoms with Crippen LogP contribution in [0.4, 0.5) is 4.39 Å². The van der Waals surface area contributed by atoms with Crippen LogP contribution in [0, 0.1) is 11.2 Å². The molecule has 0 aliphatic heterocycles. The van der Waals surface area contributed by atoms with E-state index in [2.05, 4.69) is 0 Å². The molecule has 0 aliphatic rings. The minimum Gasteiger partial charge on any atom is -0.469 e. The van der Waals surface area contributed by atoms with Gasteiger partial charge in [-0.15, -0.1) is 0 Å². The summed E-state index contributed by atoms with van der Waals surface area (Å²) in [5.74, 6) is -0.526. The molecule has 0 aliphatic carbocycles. The lowest BCUT2D eigenvalue weighted by molar-refractivity contribution is -0.150. The van der Waals surface area contributed by atoms with Crippen LogP contribution in [0.5, 0.6) is 0 Å². The molecule has 3 heteroatoms. The molecule has 0 heterocycles. The Kier molecular flexibility index (Phi) is 3.45. The van der Waals surface area contributed by atoms with Crippen LogP contribution in [0.2, 0.25) is 0 Å². The first-order chi connectivity index (χ1) is 6.95. The predicted octanol–water partition coefficient (Wildman–Crippen LogP) is 2.57. The third-order valence-electron chi connectivity index (χ3n) is 2.30. The van der Waals surface area contributed by atoms with Crippen LogP contribution in [-0.4, -0.2) is 13.1 Å². The summed E-state index contributed by atoms with van der Waals surface area (Å²) in [7, 11) is 1.37. The van der Waals surface area contributed by atoms with Gasteiger partial charge < -0.3 is 4.74 Å². The van der Waals surface area contributed by atoms with Crippen molar-refractivity contribution in [3.63, 3.8) is 0 Å². The zero-order valence-electron chi connectivity index (χ0n) is 9.21. The number of methoxy groups -OCH3 is 1. The summed E-state index contributed by atoms with van der Waals surface area (Å²) in [6.45, 7) is 3.62. The quantitative estimate of drug-likeness (QED) is 0.717. The van der Waals surface area contributed by atoms with Gasteiger partial charge in [0, 0.05) is 0 Å². The van der Waals surface area contributed by atoms with Gasteiger partial charge in [0.2, 0.25) is 0 Å². The van der Waals surface area contributed by atoms with Gasteiger partial charge in [0.05, 0.1) is 12.5 Å². The van der Waals surface area contributed by atoms with Gasteiger partial charge in [-0.1, -0.05) is 12.1 Å². The molecule has 0 fully saturated rings. The van der Waals surface area contributed by atoms with Crippen LogP contribution < -0.4 is 0 Å². The molecular formula is C12H15FO2. The van der Waals surface area contributed by atoms with Crippen LogP contribution in [0.25, 0.3) is 0 Å². The van der Waals surface area contributed by atoms with E-state index < -0.39 is 5.41 Å². The Balaban J connectivity index is 2.77. The Morgan fingerprint density at radius 2 is 1.87 bits per heavy atom. The van der Waals surface area contributed by atoms with Gasteiger partial charge in [-0.3, -0.25) is 4.79 Å². The first-order valence-electron chi connectivity index (χ1n) is 4.78. The van der Waals surface area contributed by atoms with Gasteiger partial charge in [-0.25, -0.2) is 4.39 Å². The largest absolute Gasteiger partial charge is 0.469 e. The molecule has 2 nitrogen and oxygen atoms in total. The van der Waals surface area contributed by atoms with Crippen molar-refractivity contribution in [3.8, 4) is 0 Å². The Labute approximate surface area is 89.1 Å². The summed E-state index contributed by atoms with van der Waals surface area (Å²) in [4.78, 5) is 11.4. The minimum absolute atomic E-state index is 0.258. The summed E-state index contributed by atoms with van der Waals surface area (Å²) in [6.07, 6.45) is 0.542. The Morgan fingerprint density at radius 3 is 2.33 bits per heavy atom. The second-order valence-electron chi connectivity index (χ2n) is 4.18. The van der Waals surface area contributed by atoms with E-state index in [0.717, 1.165) is 5.56 Å². The summed E-state index contributed by atoms with van der Waals surface area (Å²) >= 11 is 0. The molecule has 0 bridgehead atoms. The smallest absolute Gasteiger partial charge is 0.311 e. The van der Waals surface area contributed by atoms with Crippen molar-refractivity contribution < 1.29 is 13.9 Å². The fraction of sp³-hybridized carbons (Fsp3) is 0.417. The molecule has 0 unspecified atom stereocenters. The lowest BCUT2D eigenvalue weighted by atomic mass is 9.86. The average Bonchev–Trinajstić information content (AvgIpc) is 2.20. The SMILES string of the molecule is COC(=O)C(C)(C)Cc1ccc(F)cc1. The summed E-state index contributed by atoms with van der Waals surface area (Å²) in [6, 6.07) is 6.14. The maximum absolute atomic E-state index is 12.7. The molecular weight excluding hydrogens is 195 g/mol. The highest BCUT2D eigenvalue weighted by atomic mass is 19.1. The Hall–Kier alpha value is -1.38. The first kappa shape index (κ1) is 11.7. The number of carbonyl (C=O) groups is 1. The highest BCUT2D eigenvalue weighted by Crippen LogP contribution is 2.23. The maximum atomic E-state index is 12.7. The molecule has 0 aromatic heterocycles. The summed E-state index contributed by atoms with van der Waals surface area (Å²) in [5.41, 5.74) is 0.346. The molecule has 82 valence electrons. The van der Waals surface area contributed by atoms with Crippen LogP contribution in [0.3, 0.4) is 0 Å². The van der Waals surface area contributed by atoms with Crippen molar-refractivity contribution in [1.82, 2.24) is 0 Å². The lowest BCUT2D eigenvalue weighted by Crippen LogP contribution is -2.27. The second kappa shape index (κ2) is 4.43. The molecule has 0 atom stereocenters. The van der Waals surface area contributed by atoms with E-state index in [9.17, 15) is 9.18 Å². The number of ether oxygens (including phenoxy) is 1. The summed E-state index contributed by atoms with van der Waals surface area (Å²) in [5, 5.41) is 0. The Bertz CT molecular complexity index is 341. The van der Waals surface area contributed by atoms with Gasteiger partial charge in [-0.05, 0) is 38.0 Å². The normalized spacial score (nSPS) is 11.2. The third kappa shape index (κ3) is 3.05. The predicted molar refractivity (Wildman–Crippen MR) is 55.9 cm³/mol. The van der Waals surface area contributed by atoms with Crippen molar-refractivity contribution in [2.24, 2.45) is 5.41 Å². The zero-order chi connectivity index (χ0) is 11.5. The molecule has 0 amide bonds. The van der Waals surface area contributed by atoms with Gasteiger partial charge in [0.25, 0.3) is 0 Å². The van der Waals surface area contributed by atoms with E-state index in [-0.39, 0.29) is 11.8 Å². The van der Waals surface area contributed by atoms with Crippen LogP contribution in [0.15, 0.2) is 24.3 Å². The average molecular weight is 210 g/mol. The van der Waals surface area contributed by atoms with Crippen molar-refractivity contribution in [3.05, 3.63) is 35.6 Å². The van der Waals surface area contributed by atoms with E-state index in [1.54, 1.807) is 12.1 Å². The van der Waals surface area contributed by atoms with Crippen molar-refractivity contribution in [2.75, 3.05) is 7.11 Å². The molecule has 0 saturated heterocycles. The lowest BCUT2D eigenvalue weighted by Gasteiger charge is -2.21. The van der Waals surface area contributed by atoms with E-state index in [1.807, 2.05) is 13.8 Å². The van der Waals surface area contributed by atoms with E-state index in [0.29, 0.717) is 6.42 Å². The Morgan fingerprint density at radius 1 is 1.33 bits per heavy atom. The zero-order valence-corrected chi connectivity index (χ0v) is 9.21. The monoisotopic (exact) mass is 210 g/mol. The molecule has 1 aromatic rings. The van der Waals surface area contributed by atoms with Gasteiger partial charge in [0.1, 0.15) is 5.82 Å². The standard InChI is InChI=1S/C12H15FO2/c1-12(2,11(14)15-3)8-9-4-6-10(13)7-5-9/h4-7H,8H2,1-3H3. The van der Waals surface area contributed by atoms with Crippen LogP contribution >= 0.6 is 0 Å². The molecule has 0 N–H and O–H groups in total. The van der Waals surface area contributed by atoms with E-state index in [4.69, 9.17) is 4.74 Å². The highest BCUT2D eigenvalue weighted by molar-refractivity contribution is 5.76. The van der Waals surface area contributed by atoms with Crippen LogP contribution in [0.1, 0.15) is 19.4 Å². The fourth-order valence-corrected chi connectivity index (χ4v) is 1.46. The van der Waals surface area contributed by atoms with E-state index in [1.165, 1.54) is 19.2 Å². The maximum Gasteiger partial charge on any atom is 0.311 e. The molecule has 0 spiro atoms. The third-order valence-corrected chi connectivity index (χ3v) is 2.30. The van der Waals surface area contributed by atoms with Crippen molar-refractivity contribution in [1.29, 1.82) is 0 Å². The minimum atomic E-state index is -0.577. The number of benzene rings is 1. The molecule has 0 radical (unpaired) electrons. The number of hydrogen-bond acceptors (Lipinski definition) is 2. The van der Waals surface area contributed by atoms with Crippen molar-refractivity contribution >= 4 is 5.97 Å². The molecule has 0 saturated carbocycles. The molecule has 1 rings (SSSR count).